The molecule has 0 fully saturated rings. The molecular weight excluding hydrogens is 745 g/mol. The lowest BCUT2D eigenvalue weighted by Crippen LogP contribution is -2.30. The monoisotopic (exact) mass is 833 g/mol. The fraction of sp³-hybridized carbons (Fsp3) is 0.648. The first-order valence-corrected chi connectivity index (χ1v) is 24.2. The quantitative estimate of drug-likeness (QED) is 0.0264. The summed E-state index contributed by atoms with van der Waals surface area (Å²) in [5, 5.41) is 0. The molecule has 340 valence electrons. The van der Waals surface area contributed by atoms with Crippen LogP contribution in [0.5, 0.6) is 0 Å². The first kappa shape index (κ1) is 56.3. The first-order valence-electron chi connectivity index (χ1n) is 24.2. The van der Waals surface area contributed by atoms with Crippen LogP contribution in [0, 0.1) is 0 Å². The van der Waals surface area contributed by atoms with Crippen LogP contribution >= 0.6 is 0 Å². The SMILES string of the molecule is CC/C=C\C/C=C\C/C=C\C/C=C\CCCCCCCCCCC(=O)OCC(COC(=O)CCCCCCCC)OC(=O)CCCC/C=C\C/C=C\C/C=C\C/C=C\CC. The third-order valence-electron chi connectivity index (χ3n) is 9.83. The van der Waals surface area contributed by atoms with E-state index in [4.69, 9.17) is 14.2 Å². The zero-order valence-electron chi connectivity index (χ0n) is 38.7. The van der Waals surface area contributed by atoms with E-state index in [0.717, 1.165) is 109 Å². The van der Waals surface area contributed by atoms with Crippen LogP contribution in [0.2, 0.25) is 0 Å². The molecular formula is C54H88O6. The normalized spacial score (nSPS) is 12.9. The van der Waals surface area contributed by atoms with Gasteiger partial charge in [-0.05, 0) is 96.3 Å². The smallest absolute Gasteiger partial charge is 0.306 e. The third kappa shape index (κ3) is 45.4. The van der Waals surface area contributed by atoms with Crippen molar-refractivity contribution in [2.75, 3.05) is 13.2 Å². The molecule has 0 aliphatic carbocycles. The second-order valence-electron chi connectivity index (χ2n) is 15.6. The van der Waals surface area contributed by atoms with Crippen LogP contribution in [0.4, 0.5) is 0 Å². The predicted molar refractivity (Wildman–Crippen MR) is 256 cm³/mol. The number of carbonyl (C=O) groups excluding carboxylic acids is 3. The Morgan fingerprint density at radius 1 is 0.350 bits per heavy atom. The summed E-state index contributed by atoms with van der Waals surface area (Å²) >= 11 is 0. The highest BCUT2D eigenvalue weighted by Gasteiger charge is 2.19. The molecule has 0 saturated heterocycles. The van der Waals surface area contributed by atoms with Gasteiger partial charge in [-0.25, -0.2) is 0 Å². The van der Waals surface area contributed by atoms with Gasteiger partial charge in [0.1, 0.15) is 13.2 Å². The van der Waals surface area contributed by atoms with E-state index in [-0.39, 0.29) is 37.5 Å². The topological polar surface area (TPSA) is 78.9 Å². The molecule has 0 rings (SSSR count). The van der Waals surface area contributed by atoms with Crippen LogP contribution in [-0.4, -0.2) is 37.2 Å². The molecule has 1 atom stereocenters. The number of rotatable bonds is 42. The highest BCUT2D eigenvalue weighted by Crippen LogP contribution is 2.13. The minimum Gasteiger partial charge on any atom is -0.462 e. The zero-order valence-corrected chi connectivity index (χ0v) is 38.7. The number of allylic oxidation sites excluding steroid dienone is 16. The van der Waals surface area contributed by atoms with Crippen molar-refractivity contribution >= 4 is 17.9 Å². The molecule has 0 radical (unpaired) electrons. The van der Waals surface area contributed by atoms with Crippen molar-refractivity contribution in [1.82, 2.24) is 0 Å². The maximum atomic E-state index is 12.7. The van der Waals surface area contributed by atoms with Crippen LogP contribution in [0.25, 0.3) is 0 Å². The van der Waals surface area contributed by atoms with Gasteiger partial charge in [-0.2, -0.15) is 0 Å². The molecule has 0 aromatic rings. The van der Waals surface area contributed by atoms with Gasteiger partial charge in [-0.15, -0.1) is 0 Å². The Morgan fingerprint density at radius 3 is 1.05 bits per heavy atom. The van der Waals surface area contributed by atoms with Crippen LogP contribution in [-0.2, 0) is 28.6 Å². The summed E-state index contributed by atoms with van der Waals surface area (Å²) in [6.07, 6.45) is 62.7. The maximum Gasteiger partial charge on any atom is 0.306 e. The third-order valence-corrected chi connectivity index (χ3v) is 9.83. The molecule has 0 spiro atoms. The first-order chi connectivity index (χ1) is 29.5. The fourth-order valence-electron chi connectivity index (χ4n) is 6.25. The van der Waals surface area contributed by atoms with Crippen LogP contribution in [0.15, 0.2) is 97.2 Å². The van der Waals surface area contributed by atoms with Crippen molar-refractivity contribution in [2.45, 2.75) is 213 Å². The molecule has 0 heterocycles. The van der Waals surface area contributed by atoms with E-state index in [1.807, 2.05) is 0 Å². The molecule has 0 aromatic heterocycles. The van der Waals surface area contributed by atoms with E-state index in [1.165, 1.54) is 51.4 Å². The van der Waals surface area contributed by atoms with E-state index >= 15 is 0 Å². The standard InChI is InChI=1S/C54H88O6/c1-4-7-10-13-16-18-20-22-24-25-26-27-28-29-31-32-34-36-38-41-44-47-53(56)59-50-51(49-58-52(55)46-43-40-15-12-9-6-3)60-54(57)48-45-42-39-37-35-33-30-23-21-19-17-14-11-8-5-2/h7-8,10-11,16-19,22-24,26-27,30,35,37,51H,4-6,9,12-15,20-21,25,28-29,31-34,36,38-50H2,1-3H3/b10-7-,11-8-,18-16-,19-17-,24-22-,27-26-,30-23-,37-35-. The van der Waals surface area contributed by atoms with Crippen molar-refractivity contribution in [3.63, 3.8) is 0 Å². The molecule has 0 aliphatic heterocycles. The number of carbonyl (C=O) groups is 3. The van der Waals surface area contributed by atoms with E-state index in [2.05, 4.69) is 118 Å². The molecule has 60 heavy (non-hydrogen) atoms. The van der Waals surface area contributed by atoms with Gasteiger partial charge in [0.25, 0.3) is 0 Å². The van der Waals surface area contributed by atoms with Crippen molar-refractivity contribution in [1.29, 1.82) is 0 Å². The Kier molecular flexibility index (Phi) is 45.1. The summed E-state index contributed by atoms with van der Waals surface area (Å²) in [5.74, 6) is -0.965. The second kappa shape index (κ2) is 48.0. The largest absolute Gasteiger partial charge is 0.462 e. The zero-order chi connectivity index (χ0) is 43.7. The van der Waals surface area contributed by atoms with E-state index in [1.54, 1.807) is 0 Å². The summed E-state index contributed by atoms with van der Waals surface area (Å²) in [6, 6.07) is 0. The molecule has 1 unspecified atom stereocenters. The summed E-state index contributed by atoms with van der Waals surface area (Å²) in [6.45, 7) is 6.29. The van der Waals surface area contributed by atoms with Gasteiger partial charge in [0, 0.05) is 19.3 Å². The van der Waals surface area contributed by atoms with E-state index in [0.29, 0.717) is 19.3 Å². The number of hydrogen-bond acceptors (Lipinski definition) is 6. The molecule has 0 bridgehead atoms. The van der Waals surface area contributed by atoms with Crippen LogP contribution in [0.3, 0.4) is 0 Å². The number of ether oxygens (including phenoxy) is 3. The lowest BCUT2D eigenvalue weighted by molar-refractivity contribution is -0.167. The lowest BCUT2D eigenvalue weighted by Gasteiger charge is -2.18. The van der Waals surface area contributed by atoms with Crippen molar-refractivity contribution < 1.29 is 28.6 Å². The van der Waals surface area contributed by atoms with Gasteiger partial charge in [0.2, 0.25) is 0 Å². The Balaban J connectivity index is 4.30. The average molecular weight is 833 g/mol. The fourth-order valence-corrected chi connectivity index (χ4v) is 6.25. The Bertz CT molecular complexity index is 1230. The van der Waals surface area contributed by atoms with Crippen molar-refractivity contribution in [2.24, 2.45) is 0 Å². The highest BCUT2D eigenvalue weighted by molar-refractivity contribution is 5.71. The molecule has 0 saturated carbocycles. The number of esters is 3. The number of hydrogen-bond donors (Lipinski definition) is 0. The minimum atomic E-state index is -0.799. The van der Waals surface area contributed by atoms with Gasteiger partial charge in [0.15, 0.2) is 6.10 Å². The van der Waals surface area contributed by atoms with Gasteiger partial charge in [0.05, 0.1) is 0 Å². The van der Waals surface area contributed by atoms with Gasteiger partial charge >= 0.3 is 17.9 Å². The molecule has 6 nitrogen and oxygen atoms in total. The second-order valence-corrected chi connectivity index (χ2v) is 15.6. The summed E-state index contributed by atoms with van der Waals surface area (Å²) in [7, 11) is 0. The average Bonchev–Trinajstić information content (AvgIpc) is 3.24. The predicted octanol–water partition coefficient (Wildman–Crippen LogP) is 15.8. The molecule has 6 heteroatoms. The molecule has 0 aromatic carbocycles. The van der Waals surface area contributed by atoms with Crippen molar-refractivity contribution in [3.05, 3.63) is 97.2 Å². The van der Waals surface area contributed by atoms with E-state index < -0.39 is 6.10 Å². The Hall–Kier alpha value is -3.67. The summed E-state index contributed by atoms with van der Waals surface area (Å²) in [4.78, 5) is 37.7. The number of unbranched alkanes of at least 4 members (excludes halogenated alkanes) is 15. The van der Waals surface area contributed by atoms with Crippen LogP contribution < -0.4 is 0 Å². The highest BCUT2D eigenvalue weighted by atomic mass is 16.6. The van der Waals surface area contributed by atoms with Gasteiger partial charge < -0.3 is 14.2 Å². The van der Waals surface area contributed by atoms with E-state index in [9.17, 15) is 14.4 Å². The Labute approximate surface area is 368 Å². The maximum absolute atomic E-state index is 12.7. The van der Waals surface area contributed by atoms with Crippen LogP contribution in [0.1, 0.15) is 207 Å². The molecule has 0 amide bonds. The van der Waals surface area contributed by atoms with Gasteiger partial charge in [-0.3, -0.25) is 14.4 Å². The molecule has 0 aliphatic rings. The lowest BCUT2D eigenvalue weighted by atomic mass is 10.1. The van der Waals surface area contributed by atoms with Gasteiger partial charge in [-0.1, -0.05) is 189 Å². The summed E-state index contributed by atoms with van der Waals surface area (Å²) < 4.78 is 16.6. The van der Waals surface area contributed by atoms with Crippen molar-refractivity contribution in [3.8, 4) is 0 Å². The Morgan fingerprint density at radius 2 is 0.650 bits per heavy atom. The summed E-state index contributed by atoms with van der Waals surface area (Å²) in [5.41, 5.74) is 0. The minimum absolute atomic E-state index is 0.0981. The molecule has 0 N–H and O–H groups in total.